The number of hydrogen-bond acceptors (Lipinski definition) is 4. The van der Waals surface area contributed by atoms with E-state index in [1.807, 2.05) is 30.3 Å². The quantitative estimate of drug-likeness (QED) is 0.877. The molecule has 0 fully saturated rings. The molecule has 3 rings (SSSR count). The number of amides is 1. The molecule has 0 saturated heterocycles. The van der Waals surface area contributed by atoms with Crippen LogP contribution in [0.25, 0.3) is 11.3 Å². The molecule has 0 radical (unpaired) electrons. The first kappa shape index (κ1) is 12.0. The summed E-state index contributed by atoms with van der Waals surface area (Å²) in [7, 11) is 0. The van der Waals surface area contributed by atoms with E-state index in [0.29, 0.717) is 10.7 Å². The first-order valence-corrected chi connectivity index (χ1v) is 6.90. The summed E-state index contributed by atoms with van der Waals surface area (Å²) in [4.78, 5) is 16.4. The zero-order chi connectivity index (χ0) is 13.1. The number of carbonyl (C=O) groups is 1. The largest absolute Gasteiger partial charge is 0.301 e. The number of nitrogens with one attached hydrogen (secondary N) is 2. The van der Waals surface area contributed by atoms with Crippen molar-refractivity contribution >= 4 is 22.8 Å². The molecule has 1 amide bonds. The number of amidine groups is 1. The molecule has 0 unspecified atom stereocenters. The monoisotopic (exact) mass is 272 g/mol. The molecule has 1 aliphatic rings. The van der Waals surface area contributed by atoms with Gasteiger partial charge >= 0.3 is 0 Å². The van der Waals surface area contributed by atoms with Gasteiger partial charge in [0.05, 0.1) is 24.0 Å². The summed E-state index contributed by atoms with van der Waals surface area (Å²) in [6.07, 6.45) is 1.54. The lowest BCUT2D eigenvalue weighted by atomic mass is 10.1. The number of rotatable bonds is 2. The van der Waals surface area contributed by atoms with E-state index in [1.54, 1.807) is 11.8 Å². The Balaban J connectivity index is 1.86. The van der Waals surface area contributed by atoms with Crippen molar-refractivity contribution in [1.29, 1.82) is 0 Å². The first-order chi connectivity index (χ1) is 9.34. The van der Waals surface area contributed by atoms with Gasteiger partial charge in [0.25, 0.3) is 5.91 Å². The Morgan fingerprint density at radius 2 is 2.16 bits per heavy atom. The van der Waals surface area contributed by atoms with E-state index < -0.39 is 0 Å². The second kappa shape index (κ2) is 5.27. The van der Waals surface area contributed by atoms with Crippen molar-refractivity contribution in [3.8, 4) is 11.3 Å². The number of aromatic nitrogens is 2. The Bertz CT molecular complexity index is 621. The number of H-pyrrole nitrogens is 1. The van der Waals surface area contributed by atoms with E-state index >= 15 is 0 Å². The molecule has 2 N–H and O–H groups in total. The Labute approximate surface area is 114 Å². The minimum atomic E-state index is -0.180. The van der Waals surface area contributed by atoms with Crippen molar-refractivity contribution in [2.45, 2.75) is 0 Å². The van der Waals surface area contributed by atoms with Crippen LogP contribution in [0.2, 0.25) is 0 Å². The number of aromatic amines is 1. The molecule has 0 bridgehead atoms. The van der Waals surface area contributed by atoms with Crippen LogP contribution in [0.3, 0.4) is 0 Å². The maximum atomic E-state index is 12.2. The minimum Gasteiger partial charge on any atom is -0.301 e. The normalized spacial score (nSPS) is 14.2. The maximum absolute atomic E-state index is 12.2. The van der Waals surface area contributed by atoms with Crippen molar-refractivity contribution in [1.82, 2.24) is 15.5 Å². The van der Waals surface area contributed by atoms with E-state index in [4.69, 9.17) is 0 Å². The van der Waals surface area contributed by atoms with Crippen LogP contribution in [0.1, 0.15) is 10.4 Å². The Hall–Kier alpha value is -2.08. The van der Waals surface area contributed by atoms with Crippen LogP contribution in [-0.4, -0.2) is 33.6 Å². The molecule has 1 aromatic carbocycles. The van der Waals surface area contributed by atoms with Gasteiger partial charge in [0.2, 0.25) is 0 Å². The fraction of sp³-hybridized carbons (Fsp3) is 0.154. The van der Waals surface area contributed by atoms with Gasteiger partial charge in [-0.1, -0.05) is 42.1 Å². The van der Waals surface area contributed by atoms with Gasteiger partial charge in [0.1, 0.15) is 0 Å². The van der Waals surface area contributed by atoms with Crippen molar-refractivity contribution in [2.75, 3.05) is 12.3 Å². The zero-order valence-electron chi connectivity index (χ0n) is 10.1. The van der Waals surface area contributed by atoms with E-state index in [-0.39, 0.29) is 5.91 Å². The van der Waals surface area contributed by atoms with Crippen molar-refractivity contribution in [2.24, 2.45) is 4.99 Å². The highest BCUT2D eigenvalue weighted by molar-refractivity contribution is 8.14. The molecule has 0 aliphatic carbocycles. The van der Waals surface area contributed by atoms with Crippen LogP contribution in [0, 0.1) is 0 Å². The second-order valence-corrected chi connectivity index (χ2v) is 5.10. The number of aliphatic imine (C=N–C) groups is 1. The van der Waals surface area contributed by atoms with Gasteiger partial charge in [-0.2, -0.15) is 5.10 Å². The van der Waals surface area contributed by atoms with Gasteiger partial charge in [0.15, 0.2) is 5.17 Å². The molecule has 2 aromatic rings. The zero-order valence-corrected chi connectivity index (χ0v) is 10.9. The summed E-state index contributed by atoms with van der Waals surface area (Å²) in [6.45, 7) is 0.761. The van der Waals surface area contributed by atoms with Crippen molar-refractivity contribution < 1.29 is 4.79 Å². The van der Waals surface area contributed by atoms with Gasteiger partial charge in [-0.05, 0) is 0 Å². The standard InChI is InChI=1S/C13H12N4OS/c18-12(16-13-14-6-7-19-13)10-8-15-17-11(10)9-4-2-1-3-5-9/h1-5,8H,6-7H2,(H,15,17)(H,14,16,18). The third-order valence-electron chi connectivity index (χ3n) is 2.75. The molecule has 1 aromatic heterocycles. The van der Waals surface area contributed by atoms with Crippen LogP contribution < -0.4 is 5.32 Å². The number of hydrogen-bond donors (Lipinski definition) is 2. The van der Waals surface area contributed by atoms with Gasteiger partial charge in [-0.3, -0.25) is 14.9 Å². The molecule has 0 atom stereocenters. The smallest absolute Gasteiger partial charge is 0.261 e. The maximum Gasteiger partial charge on any atom is 0.261 e. The average molecular weight is 272 g/mol. The van der Waals surface area contributed by atoms with Crippen LogP contribution >= 0.6 is 11.8 Å². The lowest BCUT2D eigenvalue weighted by Crippen LogP contribution is -2.27. The average Bonchev–Trinajstić information content (AvgIpc) is 3.10. The third kappa shape index (κ3) is 2.53. The molecule has 19 heavy (non-hydrogen) atoms. The molecule has 0 saturated carbocycles. The van der Waals surface area contributed by atoms with Crippen molar-refractivity contribution in [3.63, 3.8) is 0 Å². The Morgan fingerprint density at radius 3 is 2.89 bits per heavy atom. The summed E-state index contributed by atoms with van der Waals surface area (Å²) < 4.78 is 0. The molecular formula is C13H12N4OS. The summed E-state index contributed by atoms with van der Waals surface area (Å²) in [5.74, 6) is 0.743. The number of thioether (sulfide) groups is 1. The number of nitrogens with zero attached hydrogens (tertiary/aromatic N) is 2. The van der Waals surface area contributed by atoms with Crippen molar-refractivity contribution in [3.05, 3.63) is 42.1 Å². The predicted molar refractivity (Wildman–Crippen MR) is 76.2 cm³/mol. The van der Waals surface area contributed by atoms with Gasteiger partial charge < -0.3 is 5.32 Å². The van der Waals surface area contributed by atoms with Gasteiger partial charge in [-0.15, -0.1) is 0 Å². The molecule has 6 heteroatoms. The summed E-state index contributed by atoms with van der Waals surface area (Å²) in [6, 6.07) is 9.66. The molecule has 96 valence electrons. The number of benzene rings is 1. The van der Waals surface area contributed by atoms with Crippen LogP contribution in [-0.2, 0) is 0 Å². The third-order valence-corrected chi connectivity index (χ3v) is 3.64. The highest BCUT2D eigenvalue weighted by Gasteiger charge is 2.18. The summed E-state index contributed by atoms with van der Waals surface area (Å²) in [5.41, 5.74) is 2.19. The van der Waals surface area contributed by atoms with E-state index in [0.717, 1.165) is 23.6 Å². The molecule has 0 spiro atoms. The molecule has 2 heterocycles. The lowest BCUT2D eigenvalue weighted by molar-refractivity contribution is 0.0978. The lowest BCUT2D eigenvalue weighted by Gasteiger charge is -2.04. The van der Waals surface area contributed by atoms with E-state index in [2.05, 4.69) is 20.5 Å². The number of carbonyl (C=O) groups excluding carboxylic acids is 1. The Morgan fingerprint density at radius 1 is 1.32 bits per heavy atom. The van der Waals surface area contributed by atoms with E-state index in [9.17, 15) is 4.79 Å². The highest BCUT2D eigenvalue weighted by Crippen LogP contribution is 2.21. The first-order valence-electron chi connectivity index (χ1n) is 5.92. The molecule has 5 nitrogen and oxygen atoms in total. The minimum absolute atomic E-state index is 0.180. The Kier molecular flexibility index (Phi) is 3.33. The van der Waals surface area contributed by atoms with Gasteiger partial charge in [-0.25, -0.2) is 0 Å². The summed E-state index contributed by atoms with van der Waals surface area (Å²) in [5, 5.41) is 10.3. The predicted octanol–water partition coefficient (Wildman–Crippen LogP) is 1.91. The fourth-order valence-electron chi connectivity index (χ4n) is 1.86. The van der Waals surface area contributed by atoms with Gasteiger partial charge in [0, 0.05) is 11.3 Å². The summed E-state index contributed by atoms with van der Waals surface area (Å²) >= 11 is 1.56. The van der Waals surface area contributed by atoms with Crippen LogP contribution in [0.5, 0.6) is 0 Å². The molecular weight excluding hydrogens is 260 g/mol. The molecule has 1 aliphatic heterocycles. The second-order valence-electron chi connectivity index (χ2n) is 4.01. The van der Waals surface area contributed by atoms with E-state index in [1.165, 1.54) is 6.20 Å². The highest BCUT2D eigenvalue weighted by atomic mass is 32.2. The topological polar surface area (TPSA) is 70.1 Å². The fourth-order valence-corrected chi connectivity index (χ4v) is 2.58. The SMILES string of the molecule is O=C(NC1=NCCS1)c1cn[nH]c1-c1ccccc1. The van der Waals surface area contributed by atoms with Crippen LogP contribution in [0.4, 0.5) is 0 Å². The van der Waals surface area contributed by atoms with Crippen LogP contribution in [0.15, 0.2) is 41.5 Å².